The minimum Gasteiger partial charge on any atom is -0.421 e. The van der Waals surface area contributed by atoms with Gasteiger partial charge in [0.2, 0.25) is 0 Å². The summed E-state index contributed by atoms with van der Waals surface area (Å²) in [5.74, 6) is -1.38. The summed E-state index contributed by atoms with van der Waals surface area (Å²) < 4.78 is 6.83. The maximum atomic E-state index is 13.0. The van der Waals surface area contributed by atoms with Crippen LogP contribution in [-0.4, -0.2) is 24.0 Å². The van der Waals surface area contributed by atoms with Crippen molar-refractivity contribution >= 4 is 73.3 Å². The number of halogens is 2. The molecule has 7 nitrogen and oxygen atoms in total. The van der Waals surface area contributed by atoms with Crippen molar-refractivity contribution in [2.45, 2.75) is 0 Å². The number of esters is 1. The molecule has 1 heterocycles. The zero-order valence-electron chi connectivity index (χ0n) is 19.6. The second-order valence-corrected chi connectivity index (χ2v) is 10.4. The highest BCUT2D eigenvalue weighted by Crippen LogP contribution is 2.32. The van der Waals surface area contributed by atoms with Crippen LogP contribution in [0, 0.1) is 0 Å². The van der Waals surface area contributed by atoms with E-state index in [9.17, 15) is 14.4 Å². The number of nitrogens with zero attached hydrogens (tertiary/aromatic N) is 1. The van der Waals surface area contributed by atoms with Gasteiger partial charge in [-0.3, -0.25) is 9.59 Å². The third-order valence-electron chi connectivity index (χ3n) is 4.97. The Kier molecular flexibility index (Phi) is 9.36. The van der Waals surface area contributed by atoms with E-state index < -0.39 is 17.8 Å². The van der Waals surface area contributed by atoms with Crippen molar-refractivity contribution in [3.05, 3.63) is 127 Å². The number of hydrogen-bond acceptors (Lipinski definition) is 6. The van der Waals surface area contributed by atoms with Crippen LogP contribution in [0.5, 0.6) is 5.75 Å². The van der Waals surface area contributed by atoms with Gasteiger partial charge in [-0.25, -0.2) is 10.2 Å². The molecule has 4 rings (SSSR count). The van der Waals surface area contributed by atoms with Gasteiger partial charge in [-0.05, 0) is 69.9 Å². The quantitative estimate of drug-likeness (QED) is 0.0756. The summed E-state index contributed by atoms with van der Waals surface area (Å²) in [6.45, 7) is 0. The smallest absolute Gasteiger partial charge is 0.343 e. The lowest BCUT2D eigenvalue weighted by atomic mass is 10.2. The standard InChI is InChI=1S/C28H19Br2N3O4S/c29-21-14-20(25(23(30)15-21)37-28(36)19-10-5-2-6-11-19)17-31-33-27(35)24(16-22-12-7-13-38-22)32-26(34)18-8-3-1-4-9-18/h1-17H,(H,32,34)(H,33,35). The minimum atomic E-state index is -0.629. The largest absolute Gasteiger partial charge is 0.421 e. The second kappa shape index (κ2) is 13.1. The molecule has 0 radical (unpaired) electrons. The Hall–Kier alpha value is -3.86. The van der Waals surface area contributed by atoms with Crippen molar-refractivity contribution in [2.24, 2.45) is 5.10 Å². The summed E-state index contributed by atoms with van der Waals surface area (Å²) in [6, 6.07) is 24.2. The number of nitrogens with one attached hydrogen (secondary N) is 2. The molecule has 1 aromatic heterocycles. The number of amides is 2. The predicted molar refractivity (Wildman–Crippen MR) is 155 cm³/mol. The summed E-state index contributed by atoms with van der Waals surface area (Å²) in [4.78, 5) is 39.1. The summed E-state index contributed by atoms with van der Waals surface area (Å²) in [7, 11) is 0. The maximum absolute atomic E-state index is 13.0. The molecule has 0 saturated carbocycles. The summed E-state index contributed by atoms with van der Waals surface area (Å²) in [5.41, 5.74) is 3.67. The third-order valence-corrected chi connectivity index (χ3v) is 6.84. The number of benzene rings is 3. The van der Waals surface area contributed by atoms with E-state index in [1.807, 2.05) is 17.5 Å². The summed E-state index contributed by atoms with van der Waals surface area (Å²) in [6.07, 6.45) is 2.92. The first-order valence-electron chi connectivity index (χ1n) is 11.1. The van der Waals surface area contributed by atoms with E-state index in [0.717, 1.165) is 4.88 Å². The van der Waals surface area contributed by atoms with E-state index in [4.69, 9.17) is 4.74 Å². The van der Waals surface area contributed by atoms with Crippen molar-refractivity contribution in [1.29, 1.82) is 0 Å². The fourth-order valence-electron chi connectivity index (χ4n) is 3.19. The highest BCUT2D eigenvalue weighted by molar-refractivity contribution is 9.11. The Morgan fingerprint density at radius 3 is 2.21 bits per heavy atom. The normalized spacial score (nSPS) is 11.3. The van der Waals surface area contributed by atoms with Crippen molar-refractivity contribution < 1.29 is 19.1 Å². The molecule has 2 N–H and O–H groups in total. The van der Waals surface area contributed by atoms with Gasteiger partial charge in [-0.1, -0.05) is 58.4 Å². The lowest BCUT2D eigenvalue weighted by Gasteiger charge is -2.11. The highest BCUT2D eigenvalue weighted by Gasteiger charge is 2.17. The Bertz CT molecular complexity index is 1510. The van der Waals surface area contributed by atoms with E-state index in [-0.39, 0.29) is 11.4 Å². The van der Waals surface area contributed by atoms with Gasteiger partial charge in [-0.15, -0.1) is 11.3 Å². The molecule has 190 valence electrons. The number of thiophene rings is 1. The van der Waals surface area contributed by atoms with Crippen LogP contribution in [0.3, 0.4) is 0 Å². The van der Waals surface area contributed by atoms with Gasteiger partial charge >= 0.3 is 5.97 Å². The molecule has 2 amide bonds. The maximum Gasteiger partial charge on any atom is 0.343 e. The summed E-state index contributed by atoms with van der Waals surface area (Å²) in [5, 5.41) is 8.56. The summed E-state index contributed by atoms with van der Waals surface area (Å²) >= 11 is 8.24. The first-order chi connectivity index (χ1) is 18.4. The molecule has 0 aliphatic carbocycles. The highest BCUT2D eigenvalue weighted by atomic mass is 79.9. The molecule has 38 heavy (non-hydrogen) atoms. The number of rotatable bonds is 8. The SMILES string of the molecule is O=C(NN=Cc1cc(Br)cc(Br)c1OC(=O)c1ccccc1)C(=Cc1cccs1)NC(=O)c1ccccc1. The number of carbonyl (C=O) groups is 3. The van der Waals surface area contributed by atoms with Crippen LogP contribution in [0.25, 0.3) is 6.08 Å². The molecule has 0 unspecified atom stereocenters. The molecule has 0 aliphatic heterocycles. The fourth-order valence-corrected chi connectivity index (χ4v) is 5.18. The Morgan fingerprint density at radius 2 is 1.55 bits per heavy atom. The number of hydrazone groups is 1. The van der Waals surface area contributed by atoms with Crippen LogP contribution in [0.15, 0.2) is 110 Å². The van der Waals surface area contributed by atoms with E-state index in [1.54, 1.807) is 78.9 Å². The van der Waals surface area contributed by atoms with Gasteiger partial charge in [0.15, 0.2) is 5.75 Å². The number of carbonyl (C=O) groups excluding carboxylic acids is 3. The Morgan fingerprint density at radius 1 is 0.868 bits per heavy atom. The zero-order valence-corrected chi connectivity index (χ0v) is 23.5. The van der Waals surface area contributed by atoms with Crippen molar-refractivity contribution in [1.82, 2.24) is 10.7 Å². The van der Waals surface area contributed by atoms with Gasteiger partial charge in [0, 0.05) is 20.5 Å². The van der Waals surface area contributed by atoms with E-state index in [2.05, 4.69) is 47.7 Å². The molecule has 0 fully saturated rings. The third kappa shape index (κ3) is 7.34. The van der Waals surface area contributed by atoms with Gasteiger partial charge in [-0.2, -0.15) is 5.10 Å². The average molecular weight is 653 g/mol. The van der Waals surface area contributed by atoms with Gasteiger partial charge in [0.1, 0.15) is 5.70 Å². The van der Waals surface area contributed by atoms with Crippen LogP contribution >= 0.6 is 43.2 Å². The first-order valence-corrected chi connectivity index (χ1v) is 13.6. The van der Waals surface area contributed by atoms with E-state index >= 15 is 0 Å². The molecule has 4 aromatic rings. The molecule has 10 heteroatoms. The topological polar surface area (TPSA) is 96.9 Å². The van der Waals surface area contributed by atoms with Crippen LogP contribution < -0.4 is 15.5 Å². The average Bonchev–Trinajstić information content (AvgIpc) is 3.44. The van der Waals surface area contributed by atoms with E-state index in [1.165, 1.54) is 17.6 Å². The van der Waals surface area contributed by atoms with Crippen LogP contribution in [0.2, 0.25) is 0 Å². The number of hydrogen-bond donors (Lipinski definition) is 2. The lowest BCUT2D eigenvalue weighted by Crippen LogP contribution is -2.32. The molecule has 0 atom stereocenters. The molecular formula is C28H19Br2N3O4S. The van der Waals surface area contributed by atoms with Gasteiger partial charge < -0.3 is 10.1 Å². The fraction of sp³-hybridized carbons (Fsp3) is 0. The molecule has 0 spiro atoms. The molecule has 0 bridgehead atoms. The minimum absolute atomic E-state index is 0.0182. The van der Waals surface area contributed by atoms with Gasteiger partial charge in [0.05, 0.1) is 16.3 Å². The van der Waals surface area contributed by atoms with Crippen molar-refractivity contribution in [3.8, 4) is 5.75 Å². The first kappa shape index (κ1) is 27.2. The zero-order chi connectivity index (χ0) is 26.9. The second-order valence-electron chi connectivity index (χ2n) is 7.65. The molecular weight excluding hydrogens is 634 g/mol. The Labute approximate surface area is 239 Å². The predicted octanol–water partition coefficient (Wildman–Crippen LogP) is 6.41. The number of ether oxygens (including phenoxy) is 1. The van der Waals surface area contributed by atoms with Crippen molar-refractivity contribution in [3.63, 3.8) is 0 Å². The van der Waals surface area contributed by atoms with Crippen LogP contribution in [0.4, 0.5) is 0 Å². The van der Waals surface area contributed by atoms with Crippen LogP contribution in [-0.2, 0) is 4.79 Å². The van der Waals surface area contributed by atoms with Gasteiger partial charge in [0.25, 0.3) is 11.8 Å². The molecule has 0 saturated heterocycles. The Balaban J connectivity index is 1.54. The van der Waals surface area contributed by atoms with Crippen molar-refractivity contribution in [2.75, 3.05) is 0 Å². The molecule has 0 aliphatic rings. The lowest BCUT2D eigenvalue weighted by molar-refractivity contribution is -0.117. The molecule has 3 aromatic carbocycles. The van der Waals surface area contributed by atoms with E-state index in [0.29, 0.717) is 25.6 Å². The van der Waals surface area contributed by atoms with Crippen LogP contribution in [0.1, 0.15) is 31.2 Å². The monoisotopic (exact) mass is 651 g/mol.